The van der Waals surface area contributed by atoms with Crippen molar-refractivity contribution in [1.82, 2.24) is 0 Å². The third-order valence-electron chi connectivity index (χ3n) is 2.53. The van der Waals surface area contributed by atoms with Gasteiger partial charge in [0.15, 0.2) is 0 Å². The Morgan fingerprint density at radius 2 is 1.69 bits per heavy atom. The number of hydrogen-bond acceptors (Lipinski definition) is 1. The highest BCUT2D eigenvalue weighted by Gasteiger charge is 2.05. The van der Waals surface area contributed by atoms with E-state index in [9.17, 15) is 0 Å². The lowest BCUT2D eigenvalue weighted by Crippen LogP contribution is -2.08. The summed E-state index contributed by atoms with van der Waals surface area (Å²) in [6.45, 7) is 4.31. The summed E-state index contributed by atoms with van der Waals surface area (Å²) in [5.74, 6) is 0. The molecule has 0 aliphatic rings. The maximum Gasteiger partial charge on any atom is 0.0568 e. The molecule has 0 amide bonds. The molecule has 2 heteroatoms. The van der Waals surface area contributed by atoms with Gasteiger partial charge in [-0.05, 0) is 25.7 Å². The van der Waals surface area contributed by atoms with Crippen LogP contribution in [0.5, 0.6) is 0 Å². The molecule has 2 atom stereocenters. The van der Waals surface area contributed by atoms with Crippen LogP contribution in [0, 0.1) is 0 Å². The maximum absolute atomic E-state index is 6.02. The van der Waals surface area contributed by atoms with Gasteiger partial charge in [-0.15, -0.1) is 11.6 Å². The number of unbranched alkanes of at least 4 members (excludes halogenated alkanes) is 1. The predicted molar refractivity (Wildman–Crippen MR) is 59.5 cm³/mol. The van der Waals surface area contributed by atoms with Gasteiger partial charge in [-0.2, -0.15) is 0 Å². The van der Waals surface area contributed by atoms with E-state index in [1.807, 2.05) is 0 Å². The van der Waals surface area contributed by atoms with Gasteiger partial charge in [0.25, 0.3) is 0 Å². The molecule has 0 aliphatic heterocycles. The molecule has 0 aromatic carbocycles. The third kappa shape index (κ3) is 7.33. The number of methoxy groups -OCH3 is 1. The average molecular weight is 207 g/mol. The fourth-order valence-corrected chi connectivity index (χ4v) is 1.58. The lowest BCUT2D eigenvalue weighted by atomic mass is 10.1. The minimum Gasteiger partial charge on any atom is -0.381 e. The summed E-state index contributed by atoms with van der Waals surface area (Å²) >= 11 is 6.02. The first-order chi connectivity index (χ1) is 6.24. The van der Waals surface area contributed by atoms with E-state index in [2.05, 4.69) is 13.8 Å². The molecule has 0 N–H and O–H groups in total. The molecule has 1 nitrogen and oxygen atoms in total. The topological polar surface area (TPSA) is 9.23 Å². The first-order valence-electron chi connectivity index (χ1n) is 5.41. The average Bonchev–Trinajstić information content (AvgIpc) is 2.18. The van der Waals surface area contributed by atoms with Crippen molar-refractivity contribution >= 4 is 11.6 Å². The van der Waals surface area contributed by atoms with Gasteiger partial charge in [-0.3, -0.25) is 0 Å². The summed E-state index contributed by atoms with van der Waals surface area (Å²) in [5.41, 5.74) is 0. The van der Waals surface area contributed by atoms with Crippen molar-refractivity contribution in [3.8, 4) is 0 Å². The van der Waals surface area contributed by atoms with Crippen LogP contribution in [0.3, 0.4) is 0 Å². The molecule has 0 saturated carbocycles. The van der Waals surface area contributed by atoms with Crippen molar-refractivity contribution in [2.24, 2.45) is 0 Å². The molecule has 80 valence electrons. The van der Waals surface area contributed by atoms with Crippen LogP contribution in [-0.2, 0) is 4.74 Å². The normalized spacial score (nSPS) is 15.7. The van der Waals surface area contributed by atoms with E-state index < -0.39 is 0 Å². The largest absolute Gasteiger partial charge is 0.381 e. The van der Waals surface area contributed by atoms with Crippen LogP contribution in [-0.4, -0.2) is 18.6 Å². The van der Waals surface area contributed by atoms with E-state index in [0.29, 0.717) is 11.5 Å². The van der Waals surface area contributed by atoms with E-state index >= 15 is 0 Å². The van der Waals surface area contributed by atoms with Crippen molar-refractivity contribution in [1.29, 1.82) is 0 Å². The van der Waals surface area contributed by atoms with Gasteiger partial charge >= 0.3 is 0 Å². The Kier molecular flexibility index (Phi) is 9.00. The zero-order valence-electron chi connectivity index (χ0n) is 9.18. The minimum absolute atomic E-state index is 0.377. The summed E-state index contributed by atoms with van der Waals surface area (Å²) in [6.07, 6.45) is 7.48. The quantitative estimate of drug-likeness (QED) is 0.431. The third-order valence-corrected chi connectivity index (χ3v) is 3.05. The molecule has 0 saturated heterocycles. The van der Waals surface area contributed by atoms with Crippen LogP contribution in [0.25, 0.3) is 0 Å². The van der Waals surface area contributed by atoms with Gasteiger partial charge in [0.2, 0.25) is 0 Å². The molecule has 0 fully saturated rings. The summed E-state index contributed by atoms with van der Waals surface area (Å²) in [4.78, 5) is 0. The van der Waals surface area contributed by atoms with Gasteiger partial charge in [-0.25, -0.2) is 0 Å². The smallest absolute Gasteiger partial charge is 0.0568 e. The Balaban J connectivity index is 3.23. The van der Waals surface area contributed by atoms with Crippen LogP contribution in [0.15, 0.2) is 0 Å². The Hall–Kier alpha value is 0.250. The lowest BCUT2D eigenvalue weighted by molar-refractivity contribution is 0.0897. The fraction of sp³-hybridized carbons (Fsp3) is 1.00. The van der Waals surface area contributed by atoms with Crippen LogP contribution in [0.1, 0.15) is 52.4 Å². The van der Waals surface area contributed by atoms with Crippen molar-refractivity contribution in [2.75, 3.05) is 7.11 Å². The maximum atomic E-state index is 6.02. The molecule has 0 aromatic rings. The summed E-state index contributed by atoms with van der Waals surface area (Å²) in [7, 11) is 1.80. The summed E-state index contributed by atoms with van der Waals surface area (Å²) in [6, 6.07) is 0. The van der Waals surface area contributed by atoms with Crippen LogP contribution >= 0.6 is 11.6 Å². The number of rotatable bonds is 8. The van der Waals surface area contributed by atoms with E-state index in [1.54, 1.807) is 7.11 Å². The van der Waals surface area contributed by atoms with Crippen molar-refractivity contribution in [3.05, 3.63) is 0 Å². The number of alkyl halides is 1. The minimum atomic E-state index is 0.377. The lowest BCUT2D eigenvalue weighted by Gasteiger charge is -2.12. The Morgan fingerprint density at radius 1 is 1.08 bits per heavy atom. The Bertz CT molecular complexity index is 102. The van der Waals surface area contributed by atoms with Crippen molar-refractivity contribution in [2.45, 2.75) is 63.9 Å². The molecule has 13 heavy (non-hydrogen) atoms. The Morgan fingerprint density at radius 3 is 2.15 bits per heavy atom. The molecule has 0 spiro atoms. The molecule has 0 heterocycles. The van der Waals surface area contributed by atoms with E-state index in [4.69, 9.17) is 16.3 Å². The molecule has 0 rings (SSSR count). The van der Waals surface area contributed by atoms with E-state index in [-0.39, 0.29) is 0 Å². The second-order valence-electron chi connectivity index (χ2n) is 3.56. The molecule has 0 bridgehead atoms. The number of hydrogen-bond donors (Lipinski definition) is 0. The zero-order chi connectivity index (χ0) is 10.1. The first-order valence-corrected chi connectivity index (χ1v) is 5.85. The van der Waals surface area contributed by atoms with Gasteiger partial charge in [0.1, 0.15) is 0 Å². The van der Waals surface area contributed by atoms with Crippen LogP contribution < -0.4 is 0 Å². The van der Waals surface area contributed by atoms with Crippen molar-refractivity contribution < 1.29 is 4.74 Å². The van der Waals surface area contributed by atoms with Gasteiger partial charge in [0.05, 0.1) is 6.10 Å². The van der Waals surface area contributed by atoms with Crippen LogP contribution in [0.4, 0.5) is 0 Å². The summed E-state index contributed by atoms with van der Waals surface area (Å²) in [5, 5.41) is 0.377. The number of halogens is 1. The van der Waals surface area contributed by atoms with Crippen molar-refractivity contribution in [3.63, 3.8) is 0 Å². The SMILES string of the molecule is CCC(Cl)CCCCC(CC)OC. The second-order valence-corrected chi connectivity index (χ2v) is 4.17. The highest BCUT2D eigenvalue weighted by molar-refractivity contribution is 6.20. The fourth-order valence-electron chi connectivity index (χ4n) is 1.43. The Labute approximate surface area is 87.8 Å². The molecule has 0 aromatic heterocycles. The highest BCUT2D eigenvalue weighted by Crippen LogP contribution is 2.14. The van der Waals surface area contributed by atoms with Gasteiger partial charge in [0, 0.05) is 12.5 Å². The van der Waals surface area contributed by atoms with Crippen LogP contribution in [0.2, 0.25) is 0 Å². The van der Waals surface area contributed by atoms with E-state index in [0.717, 1.165) is 19.3 Å². The highest BCUT2D eigenvalue weighted by atomic mass is 35.5. The van der Waals surface area contributed by atoms with Gasteiger partial charge in [-0.1, -0.05) is 26.7 Å². The number of ether oxygens (including phenoxy) is 1. The zero-order valence-corrected chi connectivity index (χ0v) is 9.94. The monoisotopic (exact) mass is 206 g/mol. The van der Waals surface area contributed by atoms with Gasteiger partial charge < -0.3 is 4.74 Å². The second kappa shape index (κ2) is 8.83. The molecule has 0 aliphatic carbocycles. The first kappa shape index (κ1) is 13.2. The molecular weight excluding hydrogens is 184 g/mol. The van der Waals surface area contributed by atoms with E-state index in [1.165, 1.54) is 19.3 Å². The molecule has 0 radical (unpaired) electrons. The predicted octanol–water partition coefficient (Wildman–Crippen LogP) is 3.99. The standard InChI is InChI=1S/C11H23ClO/c1-4-10(12)8-6-7-9-11(5-2)13-3/h10-11H,4-9H2,1-3H3. The molecular formula is C11H23ClO. The molecule has 2 unspecified atom stereocenters. The summed E-state index contributed by atoms with van der Waals surface area (Å²) < 4.78 is 5.30.